The van der Waals surface area contributed by atoms with Gasteiger partial charge < -0.3 is 9.64 Å². The Bertz CT molecular complexity index is 1110. The fourth-order valence-corrected chi connectivity index (χ4v) is 5.64. The minimum absolute atomic E-state index is 0.126. The number of aromatic nitrogens is 1. The molecule has 0 radical (unpaired) electrons. The summed E-state index contributed by atoms with van der Waals surface area (Å²) in [5.41, 5.74) is 6.28. The molecule has 1 aromatic heterocycles. The lowest BCUT2D eigenvalue weighted by atomic mass is 9.99. The molecule has 1 atom stereocenters. The van der Waals surface area contributed by atoms with E-state index < -0.39 is 0 Å². The van der Waals surface area contributed by atoms with Crippen LogP contribution in [-0.4, -0.2) is 24.3 Å². The highest BCUT2D eigenvalue weighted by Gasteiger charge is 2.28. The molecule has 3 heterocycles. The zero-order valence-electron chi connectivity index (χ0n) is 17.9. The summed E-state index contributed by atoms with van der Waals surface area (Å²) in [4.78, 5) is 2.54. The smallest absolute Gasteiger partial charge is 0.146 e. The highest BCUT2D eigenvalue weighted by molar-refractivity contribution is 5.60. The van der Waals surface area contributed by atoms with Crippen molar-refractivity contribution in [2.45, 2.75) is 50.9 Å². The van der Waals surface area contributed by atoms with E-state index in [9.17, 15) is 4.39 Å². The fourth-order valence-electron chi connectivity index (χ4n) is 5.64. The first-order valence-corrected chi connectivity index (χ1v) is 11.8. The van der Waals surface area contributed by atoms with Crippen LogP contribution < -0.4 is 9.64 Å². The third kappa shape index (κ3) is 3.42. The molecule has 0 N–H and O–H groups in total. The third-order valence-electron chi connectivity index (χ3n) is 7.25. The predicted octanol–water partition coefficient (Wildman–Crippen LogP) is 5.81. The Kier molecular flexibility index (Phi) is 4.74. The number of para-hydroxylation sites is 1. The second-order valence-corrected chi connectivity index (χ2v) is 9.28. The molecule has 31 heavy (non-hydrogen) atoms. The van der Waals surface area contributed by atoms with Gasteiger partial charge in [-0.2, -0.15) is 0 Å². The van der Waals surface area contributed by atoms with E-state index in [0.717, 1.165) is 62.4 Å². The number of halogens is 1. The summed E-state index contributed by atoms with van der Waals surface area (Å²) in [5, 5.41) is 0. The number of benzene rings is 2. The number of hydrogen-bond donors (Lipinski definition) is 0. The van der Waals surface area contributed by atoms with Crippen LogP contribution in [0.3, 0.4) is 0 Å². The van der Waals surface area contributed by atoms with Crippen LogP contribution in [0.1, 0.15) is 53.9 Å². The lowest BCUT2D eigenvalue weighted by Crippen LogP contribution is -2.31. The molecule has 160 valence electrons. The third-order valence-corrected chi connectivity index (χ3v) is 7.25. The Morgan fingerprint density at radius 2 is 1.74 bits per heavy atom. The summed E-state index contributed by atoms with van der Waals surface area (Å²) in [6, 6.07) is 14.2. The molecule has 0 spiro atoms. The summed E-state index contributed by atoms with van der Waals surface area (Å²) in [6.07, 6.45) is 10.2. The van der Waals surface area contributed by atoms with Gasteiger partial charge >= 0.3 is 0 Å². The maximum atomic E-state index is 13.8. The van der Waals surface area contributed by atoms with Crippen LogP contribution in [0.5, 0.6) is 5.75 Å². The van der Waals surface area contributed by atoms with Gasteiger partial charge in [0.15, 0.2) is 0 Å². The number of ether oxygens (including phenoxy) is 1. The van der Waals surface area contributed by atoms with Gasteiger partial charge in [-0.25, -0.2) is 4.39 Å². The summed E-state index contributed by atoms with van der Waals surface area (Å²) < 4.78 is 22.3. The van der Waals surface area contributed by atoms with Gasteiger partial charge in [0.1, 0.15) is 17.4 Å². The largest absolute Gasteiger partial charge is 0.491 e. The van der Waals surface area contributed by atoms with Crippen molar-refractivity contribution < 1.29 is 9.13 Å². The van der Waals surface area contributed by atoms with Crippen LogP contribution in [0.4, 0.5) is 10.2 Å². The molecule has 1 saturated heterocycles. The molecule has 2 aliphatic heterocycles. The Balaban J connectivity index is 1.42. The van der Waals surface area contributed by atoms with Crippen molar-refractivity contribution in [2.75, 3.05) is 24.6 Å². The van der Waals surface area contributed by atoms with E-state index in [0.29, 0.717) is 5.92 Å². The molecule has 1 fully saturated rings. The predicted molar refractivity (Wildman–Crippen MR) is 122 cm³/mol. The molecule has 3 nitrogen and oxygen atoms in total. The van der Waals surface area contributed by atoms with Crippen LogP contribution in [0, 0.1) is 5.82 Å². The maximum Gasteiger partial charge on any atom is 0.146 e. The van der Waals surface area contributed by atoms with E-state index in [1.54, 1.807) is 12.1 Å². The minimum atomic E-state index is -0.126. The van der Waals surface area contributed by atoms with Gasteiger partial charge in [0, 0.05) is 19.3 Å². The van der Waals surface area contributed by atoms with Crippen molar-refractivity contribution in [2.24, 2.45) is 0 Å². The van der Waals surface area contributed by atoms with Gasteiger partial charge in [-0.3, -0.25) is 4.57 Å². The molecule has 4 heteroatoms. The SMILES string of the molecule is Fc1ccc2c(c1)CC(c1cc(N3CCCCC3)n(-c3cccc4c3OCCC4)c1)C2. The number of rotatable bonds is 3. The molecule has 6 rings (SSSR count). The lowest BCUT2D eigenvalue weighted by Gasteiger charge is -2.30. The number of piperidine rings is 1. The van der Waals surface area contributed by atoms with Crippen molar-refractivity contribution in [3.63, 3.8) is 0 Å². The molecular formula is C27H29FN2O. The Morgan fingerprint density at radius 3 is 2.65 bits per heavy atom. The molecule has 0 bridgehead atoms. The molecule has 2 aromatic carbocycles. The summed E-state index contributed by atoms with van der Waals surface area (Å²) in [7, 11) is 0. The monoisotopic (exact) mass is 416 g/mol. The molecule has 1 unspecified atom stereocenters. The van der Waals surface area contributed by atoms with E-state index in [1.165, 1.54) is 41.8 Å². The molecule has 0 amide bonds. The van der Waals surface area contributed by atoms with Crippen LogP contribution >= 0.6 is 0 Å². The summed E-state index contributed by atoms with van der Waals surface area (Å²) >= 11 is 0. The van der Waals surface area contributed by atoms with Crippen LogP contribution in [0.15, 0.2) is 48.7 Å². The second kappa shape index (κ2) is 7.74. The van der Waals surface area contributed by atoms with Crippen molar-refractivity contribution >= 4 is 5.82 Å². The average Bonchev–Trinajstić information content (AvgIpc) is 3.43. The normalized spacial score (nSPS) is 20.3. The molecule has 1 aliphatic carbocycles. The zero-order valence-corrected chi connectivity index (χ0v) is 17.9. The molecule has 3 aliphatic rings. The minimum Gasteiger partial charge on any atom is -0.491 e. The number of anilines is 1. The van der Waals surface area contributed by atoms with Crippen LogP contribution in [-0.2, 0) is 19.3 Å². The maximum absolute atomic E-state index is 13.8. The van der Waals surface area contributed by atoms with E-state index in [4.69, 9.17) is 4.74 Å². The van der Waals surface area contributed by atoms with Gasteiger partial charge in [0.25, 0.3) is 0 Å². The highest BCUT2D eigenvalue weighted by Crippen LogP contribution is 2.40. The lowest BCUT2D eigenvalue weighted by molar-refractivity contribution is 0.287. The number of aryl methyl sites for hydroxylation is 1. The van der Waals surface area contributed by atoms with E-state index in [-0.39, 0.29) is 5.82 Å². The van der Waals surface area contributed by atoms with Crippen molar-refractivity contribution in [3.8, 4) is 11.4 Å². The fraction of sp³-hybridized carbons (Fsp3) is 0.407. The van der Waals surface area contributed by atoms with Gasteiger partial charge in [0.2, 0.25) is 0 Å². The molecule has 0 saturated carbocycles. The second-order valence-electron chi connectivity index (χ2n) is 9.28. The Hall–Kier alpha value is -2.75. The van der Waals surface area contributed by atoms with E-state index in [1.807, 2.05) is 6.07 Å². The molecular weight excluding hydrogens is 387 g/mol. The topological polar surface area (TPSA) is 17.4 Å². The van der Waals surface area contributed by atoms with Crippen molar-refractivity contribution in [1.29, 1.82) is 0 Å². The number of fused-ring (bicyclic) bond motifs is 2. The zero-order chi connectivity index (χ0) is 20.8. The first kappa shape index (κ1) is 19.0. The number of nitrogens with zero attached hydrogens (tertiary/aromatic N) is 2. The first-order valence-electron chi connectivity index (χ1n) is 11.8. The van der Waals surface area contributed by atoms with Crippen molar-refractivity contribution in [1.82, 2.24) is 4.57 Å². The van der Waals surface area contributed by atoms with E-state index in [2.05, 4.69) is 39.9 Å². The highest BCUT2D eigenvalue weighted by atomic mass is 19.1. The Labute approximate surface area is 183 Å². The van der Waals surface area contributed by atoms with Gasteiger partial charge in [-0.05, 0) is 97.4 Å². The number of hydrogen-bond acceptors (Lipinski definition) is 2. The molecule has 3 aromatic rings. The van der Waals surface area contributed by atoms with Crippen molar-refractivity contribution in [3.05, 3.63) is 76.7 Å². The first-order chi connectivity index (χ1) is 15.3. The quantitative estimate of drug-likeness (QED) is 0.536. The van der Waals surface area contributed by atoms with E-state index >= 15 is 0 Å². The summed E-state index contributed by atoms with van der Waals surface area (Å²) in [6.45, 7) is 3.01. The Morgan fingerprint density at radius 1 is 0.871 bits per heavy atom. The standard InChI is InChI=1S/C27H29FN2O/c28-24-10-9-20-14-21(15-22(20)16-24)23-17-26(29-11-2-1-3-12-29)30(18-23)25-8-4-6-19-7-5-13-31-27(19)25/h4,6,8-10,16-18,21H,1-3,5,7,11-15H2. The van der Waals surface area contributed by atoms with Gasteiger partial charge in [-0.1, -0.05) is 18.2 Å². The van der Waals surface area contributed by atoms with Crippen LogP contribution in [0.25, 0.3) is 5.69 Å². The summed E-state index contributed by atoms with van der Waals surface area (Å²) in [5.74, 6) is 2.60. The van der Waals surface area contributed by atoms with Gasteiger partial charge in [0.05, 0.1) is 12.3 Å². The van der Waals surface area contributed by atoms with Gasteiger partial charge in [-0.15, -0.1) is 0 Å². The van der Waals surface area contributed by atoms with Crippen LogP contribution in [0.2, 0.25) is 0 Å². The average molecular weight is 417 g/mol.